The molecular formula is C9H12N2O4. The van der Waals surface area contributed by atoms with Gasteiger partial charge in [-0.25, -0.2) is 10.7 Å². The van der Waals surface area contributed by atoms with Crippen molar-refractivity contribution in [1.29, 1.82) is 0 Å². The van der Waals surface area contributed by atoms with Crippen molar-refractivity contribution in [3.63, 3.8) is 0 Å². The molecule has 6 nitrogen and oxygen atoms in total. The molecule has 1 amide bonds. The number of anilines is 1. The van der Waals surface area contributed by atoms with Crippen molar-refractivity contribution in [2.45, 2.75) is 6.61 Å². The van der Waals surface area contributed by atoms with Gasteiger partial charge < -0.3 is 0 Å². The van der Waals surface area contributed by atoms with Gasteiger partial charge in [0.2, 0.25) is 0 Å². The van der Waals surface area contributed by atoms with Crippen LogP contribution in [0.5, 0.6) is 0 Å². The van der Waals surface area contributed by atoms with Gasteiger partial charge in [0, 0.05) is 11.3 Å². The van der Waals surface area contributed by atoms with Crippen molar-refractivity contribution < 1.29 is 19.4 Å². The van der Waals surface area contributed by atoms with E-state index in [1.54, 1.807) is 24.3 Å². The van der Waals surface area contributed by atoms with Gasteiger partial charge in [-0.2, -0.15) is 4.89 Å². The molecule has 0 atom stereocenters. The Labute approximate surface area is 86.8 Å². The Hall–Kier alpha value is -1.63. The lowest BCUT2D eigenvalue weighted by molar-refractivity contribution is -0.208. The molecule has 0 heterocycles. The van der Waals surface area contributed by atoms with Crippen LogP contribution in [0.2, 0.25) is 0 Å². The molecule has 3 N–H and O–H groups in total. The van der Waals surface area contributed by atoms with Crippen molar-refractivity contribution >= 4 is 11.8 Å². The van der Waals surface area contributed by atoms with Crippen LogP contribution < -0.4 is 11.2 Å². The minimum absolute atomic E-state index is 0.198. The SMILES string of the molecule is COOC(=O)Nc1ccccc1CON. The molecule has 0 saturated heterocycles. The first-order valence-electron chi connectivity index (χ1n) is 4.19. The Balaban J connectivity index is 2.70. The van der Waals surface area contributed by atoms with Gasteiger partial charge in [0.25, 0.3) is 0 Å². The fraction of sp³-hybridized carbons (Fsp3) is 0.222. The van der Waals surface area contributed by atoms with Gasteiger partial charge in [-0.3, -0.25) is 15.0 Å². The number of nitrogens with one attached hydrogen (secondary N) is 1. The fourth-order valence-corrected chi connectivity index (χ4v) is 1.06. The summed E-state index contributed by atoms with van der Waals surface area (Å²) in [6.07, 6.45) is -0.707. The molecule has 0 saturated carbocycles. The van der Waals surface area contributed by atoms with Crippen LogP contribution in [0.25, 0.3) is 0 Å². The number of rotatable bonds is 4. The highest BCUT2D eigenvalue weighted by atomic mass is 17.2. The summed E-state index contributed by atoms with van der Waals surface area (Å²) in [6, 6.07) is 7.05. The number of hydrogen-bond donors (Lipinski definition) is 2. The van der Waals surface area contributed by atoms with Gasteiger partial charge in [-0.1, -0.05) is 18.2 Å². The average molecular weight is 212 g/mol. The number of amides is 1. The van der Waals surface area contributed by atoms with Crippen LogP contribution in [0.15, 0.2) is 24.3 Å². The predicted octanol–water partition coefficient (Wildman–Crippen LogP) is 1.19. The molecule has 0 fully saturated rings. The van der Waals surface area contributed by atoms with E-state index < -0.39 is 6.09 Å². The van der Waals surface area contributed by atoms with Gasteiger partial charge in [-0.15, -0.1) is 0 Å². The molecule has 1 aromatic rings. The summed E-state index contributed by atoms with van der Waals surface area (Å²) in [5, 5.41) is 2.47. The van der Waals surface area contributed by atoms with E-state index in [2.05, 4.69) is 19.9 Å². The molecule has 6 heteroatoms. The molecule has 0 aliphatic carbocycles. The lowest BCUT2D eigenvalue weighted by Crippen LogP contribution is -2.14. The van der Waals surface area contributed by atoms with E-state index in [1.165, 1.54) is 7.11 Å². The Kier molecular flexibility index (Phi) is 4.55. The molecular weight excluding hydrogens is 200 g/mol. The summed E-state index contributed by atoms with van der Waals surface area (Å²) in [5.41, 5.74) is 1.30. The Morgan fingerprint density at radius 1 is 1.47 bits per heavy atom. The third kappa shape index (κ3) is 3.55. The van der Waals surface area contributed by atoms with Crippen molar-refractivity contribution in [2.24, 2.45) is 5.90 Å². The highest BCUT2D eigenvalue weighted by Gasteiger charge is 2.07. The van der Waals surface area contributed by atoms with Crippen LogP contribution in [0, 0.1) is 0 Å². The molecule has 15 heavy (non-hydrogen) atoms. The minimum atomic E-state index is -0.707. The standard InChI is InChI=1S/C9H12N2O4/c1-13-15-9(12)11-8-5-3-2-4-7(8)6-14-10/h2-5H,6,10H2,1H3,(H,11,12). The number of para-hydroxylation sites is 1. The molecule has 0 aliphatic rings. The predicted molar refractivity (Wildman–Crippen MR) is 52.5 cm³/mol. The topological polar surface area (TPSA) is 82.8 Å². The van der Waals surface area contributed by atoms with Gasteiger partial charge in [0.1, 0.15) is 0 Å². The summed E-state index contributed by atoms with van der Waals surface area (Å²) in [4.78, 5) is 24.0. The average Bonchev–Trinajstić information content (AvgIpc) is 2.21. The quantitative estimate of drug-likeness (QED) is 0.578. The van der Waals surface area contributed by atoms with Crippen molar-refractivity contribution in [2.75, 3.05) is 12.4 Å². The van der Waals surface area contributed by atoms with Gasteiger partial charge in [-0.05, 0) is 6.07 Å². The minimum Gasteiger partial charge on any atom is -0.300 e. The molecule has 0 unspecified atom stereocenters. The zero-order valence-corrected chi connectivity index (χ0v) is 8.23. The summed E-state index contributed by atoms with van der Waals surface area (Å²) >= 11 is 0. The maximum Gasteiger partial charge on any atom is 0.443 e. The van der Waals surface area contributed by atoms with E-state index in [4.69, 9.17) is 5.90 Å². The smallest absolute Gasteiger partial charge is 0.300 e. The van der Waals surface area contributed by atoms with Gasteiger partial charge >= 0.3 is 6.09 Å². The largest absolute Gasteiger partial charge is 0.443 e. The highest BCUT2D eigenvalue weighted by molar-refractivity contribution is 5.85. The van der Waals surface area contributed by atoms with Crippen molar-refractivity contribution in [1.82, 2.24) is 0 Å². The van der Waals surface area contributed by atoms with E-state index >= 15 is 0 Å². The number of nitrogens with two attached hydrogens (primary N) is 1. The summed E-state index contributed by atoms with van der Waals surface area (Å²) in [6.45, 7) is 0.198. The van der Waals surface area contributed by atoms with Gasteiger partial charge in [0.15, 0.2) is 0 Å². The Bertz CT molecular complexity index is 330. The van der Waals surface area contributed by atoms with Crippen LogP contribution in [0.4, 0.5) is 10.5 Å². The first kappa shape index (κ1) is 11.4. The van der Waals surface area contributed by atoms with Crippen LogP contribution >= 0.6 is 0 Å². The third-order valence-corrected chi connectivity index (χ3v) is 1.65. The highest BCUT2D eigenvalue weighted by Crippen LogP contribution is 2.15. The molecule has 0 radical (unpaired) electrons. The molecule has 82 valence electrons. The van der Waals surface area contributed by atoms with Gasteiger partial charge in [0.05, 0.1) is 13.7 Å². The number of carbonyl (C=O) groups is 1. The molecule has 1 rings (SSSR count). The summed E-state index contributed by atoms with van der Waals surface area (Å²) in [5.74, 6) is 4.95. The lowest BCUT2D eigenvalue weighted by atomic mass is 10.2. The Morgan fingerprint density at radius 2 is 2.20 bits per heavy atom. The summed E-state index contributed by atoms with van der Waals surface area (Å²) < 4.78 is 0. The van der Waals surface area contributed by atoms with Crippen LogP contribution in [-0.2, 0) is 21.2 Å². The monoisotopic (exact) mass is 212 g/mol. The van der Waals surface area contributed by atoms with Crippen molar-refractivity contribution in [3.8, 4) is 0 Å². The summed E-state index contributed by atoms with van der Waals surface area (Å²) in [7, 11) is 1.24. The lowest BCUT2D eigenvalue weighted by Gasteiger charge is -2.08. The third-order valence-electron chi connectivity index (χ3n) is 1.65. The molecule has 1 aromatic carbocycles. The second-order valence-corrected chi connectivity index (χ2v) is 2.63. The second kappa shape index (κ2) is 5.97. The fourth-order valence-electron chi connectivity index (χ4n) is 1.06. The van der Waals surface area contributed by atoms with E-state index in [0.717, 1.165) is 5.56 Å². The molecule has 0 bridgehead atoms. The number of hydrogen-bond acceptors (Lipinski definition) is 5. The van der Waals surface area contributed by atoms with E-state index in [1.807, 2.05) is 0 Å². The Morgan fingerprint density at radius 3 is 2.87 bits per heavy atom. The second-order valence-electron chi connectivity index (χ2n) is 2.63. The van der Waals surface area contributed by atoms with E-state index in [9.17, 15) is 4.79 Å². The zero-order chi connectivity index (χ0) is 11.1. The number of benzene rings is 1. The first-order chi connectivity index (χ1) is 7.27. The normalized spacial score (nSPS) is 9.73. The first-order valence-corrected chi connectivity index (χ1v) is 4.19. The van der Waals surface area contributed by atoms with Crippen LogP contribution in [-0.4, -0.2) is 13.2 Å². The maximum absolute atomic E-state index is 11.0. The zero-order valence-electron chi connectivity index (χ0n) is 8.23. The molecule has 0 spiro atoms. The van der Waals surface area contributed by atoms with Crippen molar-refractivity contribution in [3.05, 3.63) is 29.8 Å². The van der Waals surface area contributed by atoms with E-state index in [-0.39, 0.29) is 6.61 Å². The number of carbonyl (C=O) groups excluding carboxylic acids is 1. The van der Waals surface area contributed by atoms with E-state index in [0.29, 0.717) is 5.69 Å². The molecule has 0 aliphatic heterocycles. The molecule has 0 aromatic heterocycles. The maximum atomic E-state index is 11.0. The van der Waals surface area contributed by atoms with Crippen LogP contribution in [0.3, 0.4) is 0 Å². The van der Waals surface area contributed by atoms with Crippen LogP contribution in [0.1, 0.15) is 5.56 Å².